The molecule has 0 radical (unpaired) electrons. The highest BCUT2D eigenvalue weighted by Gasteiger charge is 2.15. The summed E-state index contributed by atoms with van der Waals surface area (Å²) in [5.41, 5.74) is 0.835. The van der Waals surface area contributed by atoms with Gasteiger partial charge in [0.2, 0.25) is 0 Å². The molecule has 0 aromatic carbocycles. The molecule has 5 nitrogen and oxygen atoms in total. The number of hydrogen-bond donors (Lipinski definition) is 1. The number of rotatable bonds is 3. The third kappa shape index (κ3) is 2.79. The highest BCUT2D eigenvalue weighted by molar-refractivity contribution is 7.92. The van der Waals surface area contributed by atoms with Crippen LogP contribution in [0, 0.1) is 6.92 Å². The molecular formula is C11H11N3O2S. The van der Waals surface area contributed by atoms with Gasteiger partial charge >= 0.3 is 0 Å². The molecule has 0 saturated heterocycles. The van der Waals surface area contributed by atoms with Crippen LogP contribution < -0.4 is 4.72 Å². The molecule has 6 heteroatoms. The standard InChI is InChI=1S/C11H11N3O2S/c1-9-5-7-13-11(8-9)17(15,16)14-10-4-2-3-6-12-10/h2-8H,1H3,(H,12,14). The van der Waals surface area contributed by atoms with E-state index in [0.29, 0.717) is 0 Å². The van der Waals surface area contributed by atoms with E-state index in [-0.39, 0.29) is 10.8 Å². The van der Waals surface area contributed by atoms with Gasteiger partial charge in [-0.3, -0.25) is 4.72 Å². The SMILES string of the molecule is Cc1ccnc(S(=O)(=O)Nc2ccccn2)c1. The number of pyridine rings is 2. The van der Waals surface area contributed by atoms with E-state index in [1.54, 1.807) is 24.3 Å². The van der Waals surface area contributed by atoms with Crippen molar-refractivity contribution in [1.29, 1.82) is 0 Å². The molecule has 0 bridgehead atoms. The lowest BCUT2D eigenvalue weighted by Gasteiger charge is -2.06. The number of sulfonamides is 1. The van der Waals surface area contributed by atoms with Gasteiger partial charge in [-0.15, -0.1) is 0 Å². The Bertz CT molecular complexity index is 612. The van der Waals surface area contributed by atoms with Crippen molar-refractivity contribution in [3.8, 4) is 0 Å². The van der Waals surface area contributed by atoms with Crippen molar-refractivity contribution in [2.75, 3.05) is 4.72 Å². The van der Waals surface area contributed by atoms with E-state index in [9.17, 15) is 8.42 Å². The van der Waals surface area contributed by atoms with Crippen molar-refractivity contribution in [3.63, 3.8) is 0 Å². The molecule has 17 heavy (non-hydrogen) atoms. The summed E-state index contributed by atoms with van der Waals surface area (Å²) in [4.78, 5) is 7.72. The molecule has 0 aliphatic rings. The molecule has 0 aliphatic carbocycles. The van der Waals surface area contributed by atoms with Crippen LogP contribution in [0.15, 0.2) is 47.8 Å². The predicted octanol–water partition coefficient (Wildman–Crippen LogP) is 1.59. The van der Waals surface area contributed by atoms with Crippen LogP contribution in [0.2, 0.25) is 0 Å². The summed E-state index contributed by atoms with van der Waals surface area (Å²) < 4.78 is 26.2. The minimum atomic E-state index is -3.66. The maximum Gasteiger partial charge on any atom is 0.280 e. The monoisotopic (exact) mass is 249 g/mol. The first-order valence-electron chi connectivity index (χ1n) is 4.94. The Labute approximate surface area is 99.6 Å². The Morgan fingerprint density at radius 2 is 1.94 bits per heavy atom. The van der Waals surface area contributed by atoms with Crippen molar-refractivity contribution in [2.45, 2.75) is 11.9 Å². The van der Waals surface area contributed by atoms with Crippen molar-refractivity contribution in [1.82, 2.24) is 9.97 Å². The largest absolute Gasteiger partial charge is 0.280 e. The zero-order valence-electron chi connectivity index (χ0n) is 9.16. The second kappa shape index (κ2) is 4.50. The maximum atomic E-state index is 11.9. The fourth-order valence-corrected chi connectivity index (χ4v) is 2.31. The topological polar surface area (TPSA) is 72.0 Å². The van der Waals surface area contributed by atoms with E-state index in [0.717, 1.165) is 5.56 Å². The fraction of sp³-hybridized carbons (Fsp3) is 0.0909. The Morgan fingerprint density at radius 3 is 2.59 bits per heavy atom. The summed E-state index contributed by atoms with van der Waals surface area (Å²) in [5.74, 6) is 0.274. The molecule has 88 valence electrons. The summed E-state index contributed by atoms with van der Waals surface area (Å²) in [6, 6.07) is 8.23. The third-order valence-corrected chi connectivity index (χ3v) is 3.32. The molecule has 2 heterocycles. The minimum absolute atomic E-state index is 0.0110. The second-order valence-corrected chi connectivity index (χ2v) is 5.12. The van der Waals surface area contributed by atoms with Crippen LogP contribution in [-0.4, -0.2) is 18.4 Å². The van der Waals surface area contributed by atoms with E-state index in [1.807, 2.05) is 6.92 Å². The van der Waals surface area contributed by atoms with Gasteiger partial charge in [0.15, 0.2) is 5.03 Å². The van der Waals surface area contributed by atoms with Gasteiger partial charge in [0, 0.05) is 12.4 Å². The molecular weight excluding hydrogens is 238 g/mol. The predicted molar refractivity (Wildman–Crippen MR) is 64.0 cm³/mol. The molecule has 0 saturated carbocycles. The van der Waals surface area contributed by atoms with Gasteiger partial charge in [-0.1, -0.05) is 6.07 Å². The number of nitrogens with one attached hydrogen (secondary N) is 1. The lowest BCUT2D eigenvalue weighted by Crippen LogP contribution is -2.15. The summed E-state index contributed by atoms with van der Waals surface area (Å²) in [7, 11) is -3.66. The molecule has 0 fully saturated rings. The Balaban J connectivity index is 2.32. The van der Waals surface area contributed by atoms with E-state index in [2.05, 4.69) is 14.7 Å². The van der Waals surface area contributed by atoms with Gasteiger partial charge in [-0.05, 0) is 36.8 Å². The lowest BCUT2D eigenvalue weighted by atomic mass is 10.3. The molecule has 0 amide bonds. The third-order valence-electron chi connectivity index (χ3n) is 2.07. The highest BCUT2D eigenvalue weighted by atomic mass is 32.2. The Kier molecular flexibility index (Phi) is 3.06. The van der Waals surface area contributed by atoms with Crippen LogP contribution in [0.25, 0.3) is 0 Å². The van der Waals surface area contributed by atoms with Crippen LogP contribution in [0.1, 0.15) is 5.56 Å². The molecule has 1 N–H and O–H groups in total. The van der Waals surface area contributed by atoms with Crippen LogP contribution in [0.5, 0.6) is 0 Å². The number of aryl methyl sites for hydroxylation is 1. The molecule has 0 spiro atoms. The maximum absolute atomic E-state index is 11.9. The molecule has 0 atom stereocenters. The molecule has 0 aliphatic heterocycles. The summed E-state index contributed by atoms with van der Waals surface area (Å²) in [5, 5.41) is -0.0110. The normalized spacial score (nSPS) is 11.1. The number of nitrogens with zero attached hydrogens (tertiary/aromatic N) is 2. The van der Waals surface area contributed by atoms with Gasteiger partial charge in [-0.2, -0.15) is 8.42 Å². The summed E-state index contributed by atoms with van der Waals surface area (Å²) >= 11 is 0. The second-order valence-electron chi connectivity index (χ2n) is 3.49. The molecule has 2 aromatic heterocycles. The zero-order chi connectivity index (χ0) is 12.3. The lowest BCUT2D eigenvalue weighted by molar-refractivity contribution is 0.597. The van der Waals surface area contributed by atoms with E-state index in [4.69, 9.17) is 0 Å². The number of aromatic nitrogens is 2. The first-order chi connectivity index (χ1) is 8.08. The van der Waals surface area contributed by atoms with Gasteiger partial charge in [0.25, 0.3) is 10.0 Å². The van der Waals surface area contributed by atoms with Gasteiger partial charge in [0.1, 0.15) is 5.82 Å². The summed E-state index contributed by atoms with van der Waals surface area (Å²) in [6.07, 6.45) is 2.98. The quantitative estimate of drug-likeness (QED) is 0.896. The smallest absolute Gasteiger partial charge is 0.262 e. The van der Waals surface area contributed by atoms with Gasteiger partial charge < -0.3 is 0 Å². The van der Waals surface area contributed by atoms with Crippen LogP contribution >= 0.6 is 0 Å². The first kappa shape index (κ1) is 11.5. The highest BCUT2D eigenvalue weighted by Crippen LogP contribution is 2.12. The zero-order valence-corrected chi connectivity index (χ0v) is 9.98. The van der Waals surface area contributed by atoms with E-state index >= 15 is 0 Å². The Hall–Kier alpha value is -1.95. The van der Waals surface area contributed by atoms with Crippen LogP contribution in [0.3, 0.4) is 0 Å². The van der Waals surface area contributed by atoms with E-state index in [1.165, 1.54) is 18.5 Å². The number of anilines is 1. The van der Waals surface area contributed by atoms with Gasteiger partial charge in [-0.25, -0.2) is 9.97 Å². The number of hydrogen-bond acceptors (Lipinski definition) is 4. The molecule has 2 aromatic rings. The van der Waals surface area contributed by atoms with Gasteiger partial charge in [0.05, 0.1) is 0 Å². The summed E-state index contributed by atoms with van der Waals surface area (Å²) in [6.45, 7) is 1.81. The molecule has 2 rings (SSSR count). The Morgan fingerprint density at radius 1 is 1.12 bits per heavy atom. The van der Waals surface area contributed by atoms with Crippen molar-refractivity contribution in [3.05, 3.63) is 48.3 Å². The average Bonchev–Trinajstić information content (AvgIpc) is 2.30. The van der Waals surface area contributed by atoms with Crippen molar-refractivity contribution in [2.24, 2.45) is 0 Å². The van der Waals surface area contributed by atoms with Crippen molar-refractivity contribution >= 4 is 15.8 Å². The van der Waals surface area contributed by atoms with Crippen molar-refractivity contribution < 1.29 is 8.42 Å². The molecule has 0 unspecified atom stereocenters. The fourth-order valence-electron chi connectivity index (χ4n) is 1.27. The van der Waals surface area contributed by atoms with E-state index < -0.39 is 10.0 Å². The first-order valence-corrected chi connectivity index (χ1v) is 6.43. The average molecular weight is 249 g/mol. The van der Waals surface area contributed by atoms with Crippen LogP contribution in [0.4, 0.5) is 5.82 Å². The van der Waals surface area contributed by atoms with Crippen LogP contribution in [-0.2, 0) is 10.0 Å². The minimum Gasteiger partial charge on any atom is -0.262 e.